The number of allylic oxidation sites excluding steroid dienone is 6. The summed E-state index contributed by atoms with van der Waals surface area (Å²) in [6.07, 6.45) is 19.9. The predicted octanol–water partition coefficient (Wildman–Crippen LogP) is 8.49. The van der Waals surface area contributed by atoms with Gasteiger partial charge in [0.2, 0.25) is 20.0 Å². The van der Waals surface area contributed by atoms with Gasteiger partial charge in [-0.2, -0.15) is 0 Å². The quantitative estimate of drug-likeness (QED) is 0.324. The zero-order valence-electron chi connectivity index (χ0n) is 28.5. The van der Waals surface area contributed by atoms with E-state index >= 15 is 0 Å². The van der Waals surface area contributed by atoms with E-state index in [1.54, 1.807) is 12.1 Å². The number of benzene rings is 2. The molecule has 0 saturated heterocycles. The molecule has 0 radical (unpaired) electrons. The zero-order valence-corrected chi connectivity index (χ0v) is 30.1. The summed E-state index contributed by atoms with van der Waals surface area (Å²) in [4.78, 5) is 0.739. The van der Waals surface area contributed by atoms with Crippen LogP contribution < -0.4 is 9.44 Å². The van der Waals surface area contributed by atoms with Crippen molar-refractivity contribution in [1.29, 1.82) is 0 Å². The second kappa shape index (κ2) is 13.5. The number of rotatable bonds is 6. The van der Waals surface area contributed by atoms with Crippen molar-refractivity contribution in [3.63, 3.8) is 0 Å². The van der Waals surface area contributed by atoms with E-state index in [1.807, 2.05) is 65.8 Å². The first-order chi connectivity index (χ1) is 21.5. The van der Waals surface area contributed by atoms with E-state index in [0.717, 1.165) is 36.8 Å². The summed E-state index contributed by atoms with van der Waals surface area (Å²) in [5, 5.41) is 0. The molecule has 6 rings (SSSR count). The van der Waals surface area contributed by atoms with Crippen LogP contribution in [0.2, 0.25) is 0 Å². The van der Waals surface area contributed by atoms with Crippen LogP contribution in [0.25, 0.3) is 11.1 Å². The molecule has 2 aromatic carbocycles. The highest BCUT2D eigenvalue weighted by Crippen LogP contribution is 2.41. The van der Waals surface area contributed by atoms with Gasteiger partial charge >= 0.3 is 0 Å². The molecular formula is C38H52N2O4S2. The first-order valence-electron chi connectivity index (χ1n) is 17.0. The third kappa shape index (κ3) is 8.49. The summed E-state index contributed by atoms with van der Waals surface area (Å²) >= 11 is 0. The Hall–Kier alpha value is -2.52. The van der Waals surface area contributed by atoms with Gasteiger partial charge in [-0.3, -0.25) is 0 Å². The van der Waals surface area contributed by atoms with Crippen LogP contribution in [0.3, 0.4) is 0 Å². The van der Waals surface area contributed by atoms with Crippen LogP contribution in [0.4, 0.5) is 0 Å². The first-order valence-corrected chi connectivity index (χ1v) is 19.9. The van der Waals surface area contributed by atoms with Crippen molar-refractivity contribution >= 4 is 31.2 Å². The van der Waals surface area contributed by atoms with Crippen LogP contribution in [-0.2, 0) is 32.9 Å². The van der Waals surface area contributed by atoms with E-state index in [1.165, 1.54) is 72.8 Å². The van der Waals surface area contributed by atoms with E-state index in [4.69, 9.17) is 0 Å². The number of sulfonamides is 2. The SMILES string of the molecule is CC(C)(C)NS(=O)(=O)c1ccc2c(c1)CC=C2C1=CCCCC1.CC(C)(C)NS(=O)(=O)c1ccc2c(c1)CC=C2C1CCCCC1. The molecule has 0 heterocycles. The van der Waals surface area contributed by atoms with E-state index < -0.39 is 31.1 Å². The Labute approximate surface area is 278 Å². The molecule has 0 aromatic heterocycles. The summed E-state index contributed by atoms with van der Waals surface area (Å²) in [6, 6.07) is 11.2. The Bertz CT molecular complexity index is 1760. The Morgan fingerprint density at radius 3 is 1.72 bits per heavy atom. The van der Waals surface area contributed by atoms with Crippen LogP contribution in [0.15, 0.2) is 70.0 Å². The molecule has 0 bridgehead atoms. The number of fused-ring (bicyclic) bond motifs is 2. The highest BCUT2D eigenvalue weighted by atomic mass is 32.2. The molecule has 0 aliphatic heterocycles. The van der Waals surface area contributed by atoms with Crippen LogP contribution in [0.5, 0.6) is 0 Å². The number of hydrogen-bond donors (Lipinski definition) is 2. The molecule has 6 nitrogen and oxygen atoms in total. The smallest absolute Gasteiger partial charge is 0.207 e. The first kappa shape index (κ1) is 34.8. The summed E-state index contributed by atoms with van der Waals surface area (Å²) in [5.74, 6) is 0.667. The summed E-state index contributed by atoms with van der Waals surface area (Å²) in [5.41, 5.74) is 7.99. The number of hydrogen-bond acceptors (Lipinski definition) is 4. The van der Waals surface area contributed by atoms with Crippen LogP contribution in [0, 0.1) is 5.92 Å². The minimum atomic E-state index is -3.47. The third-order valence-electron chi connectivity index (χ3n) is 9.01. The normalized spacial score (nSPS) is 19.0. The van der Waals surface area contributed by atoms with Crippen LogP contribution in [0.1, 0.15) is 122 Å². The van der Waals surface area contributed by atoms with E-state index in [0.29, 0.717) is 15.7 Å². The van der Waals surface area contributed by atoms with Crippen molar-refractivity contribution in [2.75, 3.05) is 0 Å². The van der Waals surface area contributed by atoms with Gasteiger partial charge in [0, 0.05) is 11.1 Å². The Balaban J connectivity index is 0.000000181. The molecule has 4 aliphatic rings. The maximum absolute atomic E-state index is 12.5. The summed E-state index contributed by atoms with van der Waals surface area (Å²) < 4.78 is 55.4. The van der Waals surface area contributed by atoms with Gasteiger partial charge in [-0.25, -0.2) is 26.3 Å². The maximum Gasteiger partial charge on any atom is 0.241 e. The minimum Gasteiger partial charge on any atom is -0.207 e. The zero-order chi connectivity index (χ0) is 33.3. The molecule has 8 heteroatoms. The van der Waals surface area contributed by atoms with Gasteiger partial charge in [0.1, 0.15) is 0 Å². The molecule has 1 saturated carbocycles. The van der Waals surface area contributed by atoms with Gasteiger partial charge in [-0.15, -0.1) is 0 Å². The van der Waals surface area contributed by atoms with Crippen molar-refractivity contribution in [3.05, 3.63) is 82.5 Å². The molecular weight excluding hydrogens is 613 g/mol. The molecule has 0 amide bonds. The second-order valence-corrected chi connectivity index (χ2v) is 18.7. The minimum absolute atomic E-state index is 0.360. The lowest BCUT2D eigenvalue weighted by atomic mass is 9.82. The Kier molecular flexibility index (Phi) is 10.2. The third-order valence-corrected chi connectivity index (χ3v) is 12.5. The van der Waals surface area contributed by atoms with E-state index in [-0.39, 0.29) is 0 Å². The van der Waals surface area contributed by atoms with Crippen molar-refractivity contribution in [3.8, 4) is 0 Å². The van der Waals surface area contributed by atoms with E-state index in [2.05, 4.69) is 27.7 Å². The fraction of sp³-hybridized carbons (Fsp3) is 0.526. The Morgan fingerprint density at radius 1 is 0.630 bits per heavy atom. The molecule has 0 spiro atoms. The van der Waals surface area contributed by atoms with Gasteiger partial charge in [0.15, 0.2) is 0 Å². The van der Waals surface area contributed by atoms with Crippen molar-refractivity contribution < 1.29 is 16.8 Å². The maximum atomic E-state index is 12.5. The molecule has 4 aliphatic carbocycles. The lowest BCUT2D eigenvalue weighted by Gasteiger charge is -2.24. The molecule has 250 valence electrons. The van der Waals surface area contributed by atoms with Gasteiger partial charge in [0.05, 0.1) is 9.79 Å². The predicted molar refractivity (Wildman–Crippen MR) is 190 cm³/mol. The summed E-state index contributed by atoms with van der Waals surface area (Å²) in [6.45, 7) is 11.1. The molecule has 0 atom stereocenters. The second-order valence-electron chi connectivity index (χ2n) is 15.3. The van der Waals surface area contributed by atoms with Gasteiger partial charge in [-0.05, 0) is 162 Å². The highest BCUT2D eigenvalue weighted by molar-refractivity contribution is 7.89. The van der Waals surface area contributed by atoms with Crippen molar-refractivity contribution in [1.82, 2.24) is 9.44 Å². The van der Waals surface area contributed by atoms with E-state index in [9.17, 15) is 16.8 Å². The number of nitrogens with one attached hydrogen (secondary N) is 2. The van der Waals surface area contributed by atoms with Crippen molar-refractivity contribution in [2.24, 2.45) is 5.92 Å². The largest absolute Gasteiger partial charge is 0.241 e. The average molecular weight is 665 g/mol. The lowest BCUT2D eigenvalue weighted by molar-refractivity contribution is 0.429. The highest BCUT2D eigenvalue weighted by Gasteiger charge is 2.28. The molecule has 0 unspecified atom stereocenters. The molecule has 1 fully saturated rings. The molecule has 2 aromatic rings. The lowest BCUT2D eigenvalue weighted by Crippen LogP contribution is -2.40. The van der Waals surface area contributed by atoms with Crippen LogP contribution >= 0.6 is 0 Å². The topological polar surface area (TPSA) is 92.3 Å². The van der Waals surface area contributed by atoms with Gasteiger partial charge in [-0.1, -0.05) is 49.6 Å². The van der Waals surface area contributed by atoms with Crippen LogP contribution in [-0.4, -0.2) is 27.9 Å². The van der Waals surface area contributed by atoms with Gasteiger partial charge < -0.3 is 0 Å². The fourth-order valence-electron chi connectivity index (χ4n) is 7.12. The Morgan fingerprint density at radius 2 is 1.17 bits per heavy atom. The summed E-state index contributed by atoms with van der Waals surface area (Å²) in [7, 11) is -6.92. The molecule has 46 heavy (non-hydrogen) atoms. The molecule has 2 N–H and O–H groups in total. The monoisotopic (exact) mass is 664 g/mol. The standard InChI is InChI=1S/C19H27NO2S.C19H25NO2S/c2*1-19(2,3)20-23(21,22)16-10-12-18-15(13-16)9-11-17(18)14-7-5-4-6-8-14/h10-14,20H,4-9H2,1-3H3;7,10-13,20H,4-6,8-9H2,1-3H3. The fourth-order valence-corrected chi connectivity index (χ4v) is 10.1. The average Bonchev–Trinajstić information content (AvgIpc) is 3.60. The van der Waals surface area contributed by atoms with Crippen molar-refractivity contribution in [2.45, 2.75) is 133 Å². The van der Waals surface area contributed by atoms with Gasteiger partial charge in [0.25, 0.3) is 0 Å².